The first-order valence-corrected chi connectivity index (χ1v) is 9.40. The largest absolute Gasteiger partial charge is 0.359 e. The van der Waals surface area contributed by atoms with Crippen molar-refractivity contribution < 1.29 is 0 Å². The van der Waals surface area contributed by atoms with Crippen molar-refractivity contribution in [3.05, 3.63) is 77.9 Å². The van der Waals surface area contributed by atoms with Gasteiger partial charge in [0.2, 0.25) is 0 Å². The zero-order valence-corrected chi connectivity index (χ0v) is 16.3. The highest BCUT2D eigenvalue weighted by molar-refractivity contribution is 5.51. The van der Waals surface area contributed by atoms with Crippen LogP contribution in [0.25, 0.3) is 0 Å². The maximum Gasteiger partial charge on any atom is 0.134 e. The van der Waals surface area contributed by atoms with Crippen molar-refractivity contribution in [2.45, 2.75) is 26.8 Å². The summed E-state index contributed by atoms with van der Waals surface area (Å²) in [6.45, 7) is 6.75. The van der Waals surface area contributed by atoms with Crippen LogP contribution in [0.1, 0.15) is 23.9 Å². The lowest BCUT2D eigenvalue weighted by molar-refractivity contribution is 0.795. The first-order chi connectivity index (χ1) is 13.2. The van der Waals surface area contributed by atoms with Crippen LogP contribution in [-0.2, 0) is 13.0 Å². The second kappa shape index (κ2) is 9.12. The van der Waals surface area contributed by atoms with Crippen molar-refractivity contribution in [2.24, 2.45) is 0 Å². The molecule has 0 fully saturated rings. The number of aryl methyl sites for hydroxylation is 1. The smallest absolute Gasteiger partial charge is 0.134 e. The van der Waals surface area contributed by atoms with E-state index in [-0.39, 0.29) is 0 Å². The number of rotatable bonds is 8. The molecule has 0 atom stereocenters. The molecule has 3 aromatic rings. The molecule has 2 heterocycles. The van der Waals surface area contributed by atoms with Gasteiger partial charge < -0.3 is 9.80 Å². The van der Waals surface area contributed by atoms with Gasteiger partial charge in [0.15, 0.2) is 0 Å². The lowest BCUT2D eigenvalue weighted by atomic mass is 10.2. The summed E-state index contributed by atoms with van der Waals surface area (Å²) in [5, 5.41) is 0. The maximum absolute atomic E-state index is 4.68. The molecular formula is C22H27N5. The van der Waals surface area contributed by atoms with Crippen LogP contribution >= 0.6 is 0 Å². The molecule has 0 saturated carbocycles. The molecule has 0 N–H and O–H groups in total. The Labute approximate surface area is 161 Å². The molecule has 1 aromatic carbocycles. The lowest BCUT2D eigenvalue weighted by Gasteiger charge is -2.25. The monoisotopic (exact) mass is 361 g/mol. The van der Waals surface area contributed by atoms with Gasteiger partial charge in [-0.3, -0.25) is 4.98 Å². The van der Waals surface area contributed by atoms with Crippen LogP contribution in [0.5, 0.6) is 0 Å². The van der Waals surface area contributed by atoms with E-state index in [9.17, 15) is 0 Å². The minimum Gasteiger partial charge on any atom is -0.359 e. The van der Waals surface area contributed by atoms with E-state index < -0.39 is 0 Å². The number of benzene rings is 1. The van der Waals surface area contributed by atoms with E-state index >= 15 is 0 Å². The summed E-state index contributed by atoms with van der Waals surface area (Å²) in [6, 6.07) is 16.7. The van der Waals surface area contributed by atoms with Gasteiger partial charge in [-0.2, -0.15) is 0 Å². The predicted octanol–water partition coefficient (Wildman–Crippen LogP) is 3.89. The SMILES string of the molecule is CCN(Cc1ccccc1)c1cc(N(C)CCc2ccncc2)nc(C)n1. The Morgan fingerprint density at radius 3 is 2.30 bits per heavy atom. The summed E-state index contributed by atoms with van der Waals surface area (Å²) >= 11 is 0. The van der Waals surface area contributed by atoms with Gasteiger partial charge in [-0.05, 0) is 43.5 Å². The number of aromatic nitrogens is 3. The van der Waals surface area contributed by atoms with Crippen molar-refractivity contribution in [1.82, 2.24) is 15.0 Å². The van der Waals surface area contributed by atoms with Gasteiger partial charge in [-0.1, -0.05) is 30.3 Å². The van der Waals surface area contributed by atoms with E-state index in [1.54, 1.807) is 0 Å². The van der Waals surface area contributed by atoms with Crippen molar-refractivity contribution >= 4 is 11.6 Å². The van der Waals surface area contributed by atoms with Crippen LogP contribution < -0.4 is 9.80 Å². The van der Waals surface area contributed by atoms with Gasteiger partial charge in [-0.15, -0.1) is 0 Å². The van der Waals surface area contributed by atoms with E-state index in [1.807, 2.05) is 25.4 Å². The second-order valence-corrected chi connectivity index (χ2v) is 6.66. The van der Waals surface area contributed by atoms with Crippen LogP contribution in [0.4, 0.5) is 11.6 Å². The molecule has 140 valence electrons. The van der Waals surface area contributed by atoms with E-state index in [0.29, 0.717) is 0 Å². The molecule has 0 aliphatic carbocycles. The molecule has 5 nitrogen and oxygen atoms in total. The molecular weight excluding hydrogens is 334 g/mol. The molecule has 0 unspecified atom stereocenters. The third kappa shape index (κ3) is 5.26. The lowest BCUT2D eigenvalue weighted by Crippen LogP contribution is -2.26. The van der Waals surface area contributed by atoms with E-state index in [0.717, 1.165) is 43.5 Å². The van der Waals surface area contributed by atoms with Gasteiger partial charge >= 0.3 is 0 Å². The van der Waals surface area contributed by atoms with Crippen LogP contribution in [0, 0.1) is 6.92 Å². The number of hydrogen-bond donors (Lipinski definition) is 0. The van der Waals surface area contributed by atoms with Crippen molar-refractivity contribution in [1.29, 1.82) is 0 Å². The Balaban J connectivity index is 1.74. The fraction of sp³-hybridized carbons (Fsp3) is 0.318. The molecule has 0 saturated heterocycles. The zero-order chi connectivity index (χ0) is 19.1. The standard InChI is InChI=1S/C22H27N5/c1-4-27(17-20-8-6-5-7-9-20)22-16-21(24-18(2)25-22)26(3)15-12-19-10-13-23-14-11-19/h5-11,13-14,16H,4,12,15,17H2,1-3H3. The molecule has 0 bridgehead atoms. The molecule has 2 aromatic heterocycles. The van der Waals surface area contributed by atoms with Crippen molar-refractivity contribution in [3.8, 4) is 0 Å². The molecule has 27 heavy (non-hydrogen) atoms. The van der Waals surface area contributed by atoms with Gasteiger partial charge in [0.05, 0.1) is 0 Å². The Bertz CT molecular complexity index is 836. The zero-order valence-electron chi connectivity index (χ0n) is 16.3. The fourth-order valence-corrected chi connectivity index (χ4v) is 3.01. The van der Waals surface area contributed by atoms with Gasteiger partial charge in [-0.25, -0.2) is 9.97 Å². The third-order valence-corrected chi connectivity index (χ3v) is 4.61. The molecule has 0 aliphatic rings. The van der Waals surface area contributed by atoms with Crippen molar-refractivity contribution in [3.63, 3.8) is 0 Å². The van der Waals surface area contributed by atoms with Crippen LogP contribution in [0.3, 0.4) is 0 Å². The second-order valence-electron chi connectivity index (χ2n) is 6.66. The maximum atomic E-state index is 4.68. The number of hydrogen-bond acceptors (Lipinski definition) is 5. The topological polar surface area (TPSA) is 45.2 Å². The van der Waals surface area contributed by atoms with E-state index in [4.69, 9.17) is 0 Å². The Morgan fingerprint density at radius 2 is 1.59 bits per heavy atom. The van der Waals surface area contributed by atoms with E-state index in [2.05, 4.69) is 81.2 Å². The molecule has 0 aliphatic heterocycles. The summed E-state index contributed by atoms with van der Waals surface area (Å²) in [4.78, 5) is 17.9. The predicted molar refractivity (Wildman–Crippen MR) is 111 cm³/mol. The molecule has 0 amide bonds. The normalized spacial score (nSPS) is 10.6. The van der Waals surface area contributed by atoms with Crippen molar-refractivity contribution in [2.75, 3.05) is 29.9 Å². The number of nitrogens with zero attached hydrogens (tertiary/aromatic N) is 5. The first kappa shape index (κ1) is 18.8. The third-order valence-electron chi connectivity index (χ3n) is 4.61. The summed E-state index contributed by atoms with van der Waals surface area (Å²) in [7, 11) is 2.08. The van der Waals surface area contributed by atoms with E-state index in [1.165, 1.54) is 11.1 Å². The highest BCUT2D eigenvalue weighted by Crippen LogP contribution is 2.20. The number of pyridine rings is 1. The average Bonchev–Trinajstić information content (AvgIpc) is 2.71. The Hall–Kier alpha value is -2.95. The summed E-state index contributed by atoms with van der Waals surface area (Å²) in [5.74, 6) is 2.72. The minimum atomic E-state index is 0.796. The summed E-state index contributed by atoms with van der Waals surface area (Å²) < 4.78 is 0. The highest BCUT2D eigenvalue weighted by Gasteiger charge is 2.12. The quantitative estimate of drug-likeness (QED) is 0.609. The molecule has 0 radical (unpaired) electrons. The minimum absolute atomic E-state index is 0.796. The summed E-state index contributed by atoms with van der Waals surface area (Å²) in [6.07, 6.45) is 4.63. The number of anilines is 2. The van der Waals surface area contributed by atoms with Crippen LogP contribution in [0.15, 0.2) is 60.9 Å². The van der Waals surface area contributed by atoms with Crippen LogP contribution in [0.2, 0.25) is 0 Å². The molecule has 5 heteroatoms. The Morgan fingerprint density at radius 1 is 0.889 bits per heavy atom. The highest BCUT2D eigenvalue weighted by atomic mass is 15.2. The van der Waals surface area contributed by atoms with Crippen LogP contribution in [-0.4, -0.2) is 35.1 Å². The molecule has 0 spiro atoms. The number of likely N-dealkylation sites (N-methyl/N-ethyl adjacent to an activating group) is 1. The van der Waals surface area contributed by atoms with Gasteiger partial charge in [0.25, 0.3) is 0 Å². The molecule has 3 rings (SSSR count). The summed E-state index contributed by atoms with van der Waals surface area (Å²) in [5.41, 5.74) is 2.56. The Kier molecular flexibility index (Phi) is 6.36. The van der Waals surface area contributed by atoms with Gasteiger partial charge in [0.1, 0.15) is 17.5 Å². The first-order valence-electron chi connectivity index (χ1n) is 9.40. The van der Waals surface area contributed by atoms with Gasteiger partial charge in [0, 0.05) is 45.1 Å². The fourth-order valence-electron chi connectivity index (χ4n) is 3.01. The average molecular weight is 361 g/mol.